The van der Waals surface area contributed by atoms with Gasteiger partial charge in [-0.1, -0.05) is 25.4 Å². The third-order valence-electron chi connectivity index (χ3n) is 2.30. The van der Waals surface area contributed by atoms with Crippen LogP contribution in [0, 0.1) is 0 Å². The van der Waals surface area contributed by atoms with Crippen LogP contribution in [-0.4, -0.2) is 11.1 Å². The summed E-state index contributed by atoms with van der Waals surface area (Å²) in [6.45, 7) is 4.26. The molecule has 1 aromatic heterocycles. The van der Waals surface area contributed by atoms with Crippen LogP contribution >= 0.6 is 11.6 Å². The van der Waals surface area contributed by atoms with Crippen LogP contribution in [0.3, 0.4) is 0 Å². The Hall–Kier alpha value is -0.760. The zero-order valence-corrected chi connectivity index (χ0v) is 9.21. The number of hydrogen-bond donors (Lipinski definition) is 0. The van der Waals surface area contributed by atoms with E-state index in [2.05, 4.69) is 18.8 Å². The number of aromatic nitrogens is 1. The van der Waals surface area contributed by atoms with Crippen molar-refractivity contribution in [1.82, 2.24) is 4.98 Å². The molecule has 0 atom stereocenters. The highest BCUT2D eigenvalue weighted by atomic mass is 35.5. The average molecular weight is 212 g/mol. The molecule has 14 heavy (non-hydrogen) atoms. The van der Waals surface area contributed by atoms with Gasteiger partial charge in [-0.3, -0.25) is 0 Å². The summed E-state index contributed by atoms with van der Waals surface area (Å²) in [6.07, 6.45) is 4.55. The molecular formula is C11H14ClNO. The standard InChI is InChI=1S/C11H14ClNO/c1-7(2)9-6-13-11(12)5-10(9)14-8-3-4-8/h5-8H,3-4H2,1-2H3. The first-order chi connectivity index (χ1) is 6.66. The maximum absolute atomic E-state index is 5.83. The Morgan fingerprint density at radius 1 is 1.50 bits per heavy atom. The Labute approximate surface area is 89.3 Å². The minimum Gasteiger partial charge on any atom is -0.490 e. The number of pyridine rings is 1. The lowest BCUT2D eigenvalue weighted by Crippen LogP contribution is -2.01. The van der Waals surface area contributed by atoms with Crippen LogP contribution in [0.4, 0.5) is 0 Å². The normalized spacial score (nSPS) is 16.0. The van der Waals surface area contributed by atoms with Crippen LogP contribution in [0.1, 0.15) is 38.2 Å². The number of nitrogens with zero attached hydrogens (tertiary/aromatic N) is 1. The third-order valence-corrected chi connectivity index (χ3v) is 2.51. The van der Waals surface area contributed by atoms with E-state index in [-0.39, 0.29) is 0 Å². The van der Waals surface area contributed by atoms with Crippen LogP contribution in [0.5, 0.6) is 5.75 Å². The lowest BCUT2D eigenvalue weighted by molar-refractivity contribution is 0.298. The Morgan fingerprint density at radius 2 is 2.21 bits per heavy atom. The SMILES string of the molecule is CC(C)c1cnc(Cl)cc1OC1CC1. The number of hydrogen-bond acceptors (Lipinski definition) is 2. The molecule has 0 amide bonds. The van der Waals surface area contributed by atoms with Gasteiger partial charge in [0.15, 0.2) is 0 Å². The molecule has 2 nitrogen and oxygen atoms in total. The molecule has 1 saturated carbocycles. The Bertz CT molecular complexity index is 334. The largest absolute Gasteiger partial charge is 0.490 e. The van der Waals surface area contributed by atoms with Crippen LogP contribution in [-0.2, 0) is 0 Å². The highest BCUT2D eigenvalue weighted by molar-refractivity contribution is 6.29. The first kappa shape index (κ1) is 9.78. The summed E-state index contributed by atoms with van der Waals surface area (Å²) in [4.78, 5) is 4.07. The first-order valence-corrected chi connectivity index (χ1v) is 5.36. The fourth-order valence-electron chi connectivity index (χ4n) is 1.32. The molecule has 3 heteroatoms. The van der Waals surface area contributed by atoms with Crippen LogP contribution < -0.4 is 4.74 Å². The van der Waals surface area contributed by atoms with Crippen molar-refractivity contribution in [2.75, 3.05) is 0 Å². The number of halogens is 1. The van der Waals surface area contributed by atoms with E-state index < -0.39 is 0 Å². The zero-order chi connectivity index (χ0) is 10.1. The topological polar surface area (TPSA) is 22.1 Å². The van der Waals surface area contributed by atoms with E-state index >= 15 is 0 Å². The summed E-state index contributed by atoms with van der Waals surface area (Å²) in [5, 5.41) is 0.505. The van der Waals surface area contributed by atoms with E-state index in [0.29, 0.717) is 17.2 Å². The molecule has 1 heterocycles. The lowest BCUT2D eigenvalue weighted by atomic mass is 10.1. The Kier molecular flexibility index (Phi) is 2.64. The van der Waals surface area contributed by atoms with Gasteiger partial charge < -0.3 is 4.74 Å². The van der Waals surface area contributed by atoms with Gasteiger partial charge in [0.05, 0.1) is 6.10 Å². The van der Waals surface area contributed by atoms with Crippen molar-refractivity contribution >= 4 is 11.6 Å². The van der Waals surface area contributed by atoms with Crippen molar-refractivity contribution in [1.29, 1.82) is 0 Å². The monoisotopic (exact) mass is 211 g/mol. The minimum atomic E-state index is 0.408. The summed E-state index contributed by atoms with van der Waals surface area (Å²) in [7, 11) is 0. The van der Waals surface area contributed by atoms with E-state index in [1.54, 1.807) is 0 Å². The molecule has 1 aliphatic rings. The molecule has 0 aromatic carbocycles. The second-order valence-electron chi connectivity index (χ2n) is 4.02. The molecule has 0 bridgehead atoms. The van der Waals surface area contributed by atoms with Gasteiger partial charge in [-0.2, -0.15) is 0 Å². The summed E-state index contributed by atoms with van der Waals surface area (Å²) < 4.78 is 5.77. The Balaban J connectivity index is 2.27. The van der Waals surface area contributed by atoms with E-state index in [0.717, 1.165) is 24.2 Å². The minimum absolute atomic E-state index is 0.408. The van der Waals surface area contributed by atoms with Crippen molar-refractivity contribution in [2.45, 2.75) is 38.7 Å². The second-order valence-corrected chi connectivity index (χ2v) is 4.40. The average Bonchev–Trinajstić information content (AvgIpc) is 2.87. The van der Waals surface area contributed by atoms with Crippen LogP contribution in [0.2, 0.25) is 5.15 Å². The van der Waals surface area contributed by atoms with Gasteiger partial charge in [0.1, 0.15) is 10.9 Å². The van der Waals surface area contributed by atoms with Crippen molar-refractivity contribution < 1.29 is 4.74 Å². The van der Waals surface area contributed by atoms with Gasteiger partial charge in [0.2, 0.25) is 0 Å². The highest BCUT2D eigenvalue weighted by Gasteiger charge is 2.25. The molecule has 0 saturated heterocycles. The van der Waals surface area contributed by atoms with Crippen LogP contribution in [0.25, 0.3) is 0 Å². The van der Waals surface area contributed by atoms with Gasteiger partial charge in [-0.25, -0.2) is 4.98 Å². The predicted octanol–water partition coefficient (Wildman–Crippen LogP) is 3.40. The second kappa shape index (κ2) is 3.77. The van der Waals surface area contributed by atoms with Gasteiger partial charge in [0, 0.05) is 17.8 Å². The molecule has 0 N–H and O–H groups in total. The van der Waals surface area contributed by atoms with Gasteiger partial charge in [-0.05, 0) is 18.8 Å². The van der Waals surface area contributed by atoms with Crippen LogP contribution in [0.15, 0.2) is 12.3 Å². The van der Waals surface area contributed by atoms with Gasteiger partial charge in [0.25, 0.3) is 0 Å². The lowest BCUT2D eigenvalue weighted by Gasteiger charge is -2.13. The summed E-state index contributed by atoms with van der Waals surface area (Å²) >= 11 is 5.83. The highest BCUT2D eigenvalue weighted by Crippen LogP contribution is 2.33. The molecule has 0 spiro atoms. The number of rotatable bonds is 3. The van der Waals surface area contributed by atoms with E-state index in [1.165, 1.54) is 0 Å². The van der Waals surface area contributed by atoms with Crippen molar-refractivity contribution in [3.05, 3.63) is 23.0 Å². The molecule has 1 fully saturated rings. The fraction of sp³-hybridized carbons (Fsp3) is 0.545. The van der Waals surface area contributed by atoms with Crippen molar-refractivity contribution in [3.8, 4) is 5.75 Å². The summed E-state index contributed by atoms with van der Waals surface area (Å²) in [5.74, 6) is 1.33. The summed E-state index contributed by atoms with van der Waals surface area (Å²) in [5.41, 5.74) is 1.14. The molecule has 2 rings (SSSR count). The summed E-state index contributed by atoms with van der Waals surface area (Å²) in [6, 6.07) is 1.81. The first-order valence-electron chi connectivity index (χ1n) is 4.99. The fourth-order valence-corrected chi connectivity index (χ4v) is 1.47. The molecule has 0 radical (unpaired) electrons. The molecule has 1 aromatic rings. The maximum atomic E-state index is 5.83. The Morgan fingerprint density at radius 3 is 2.79 bits per heavy atom. The smallest absolute Gasteiger partial charge is 0.132 e. The third kappa shape index (κ3) is 2.18. The van der Waals surface area contributed by atoms with Crippen molar-refractivity contribution in [3.63, 3.8) is 0 Å². The van der Waals surface area contributed by atoms with Gasteiger partial charge >= 0.3 is 0 Å². The predicted molar refractivity (Wildman–Crippen MR) is 57.0 cm³/mol. The van der Waals surface area contributed by atoms with E-state index in [4.69, 9.17) is 16.3 Å². The van der Waals surface area contributed by atoms with E-state index in [9.17, 15) is 0 Å². The van der Waals surface area contributed by atoms with Gasteiger partial charge in [-0.15, -0.1) is 0 Å². The van der Waals surface area contributed by atoms with E-state index in [1.807, 2.05) is 12.3 Å². The molecular weight excluding hydrogens is 198 g/mol. The number of ether oxygens (including phenoxy) is 1. The zero-order valence-electron chi connectivity index (χ0n) is 8.46. The maximum Gasteiger partial charge on any atom is 0.132 e. The quantitative estimate of drug-likeness (QED) is 0.715. The molecule has 1 aliphatic carbocycles. The van der Waals surface area contributed by atoms with Crippen molar-refractivity contribution in [2.24, 2.45) is 0 Å². The molecule has 76 valence electrons. The molecule has 0 unspecified atom stereocenters. The molecule has 0 aliphatic heterocycles.